The van der Waals surface area contributed by atoms with Crippen LogP contribution in [0.3, 0.4) is 0 Å². The fourth-order valence-corrected chi connectivity index (χ4v) is 3.31. The number of hydrogen-bond acceptors (Lipinski definition) is 2. The minimum Gasteiger partial charge on any atom is -0.369 e. The number of anilines is 2. The van der Waals surface area contributed by atoms with E-state index in [9.17, 15) is 4.79 Å². The van der Waals surface area contributed by atoms with Crippen molar-refractivity contribution in [3.05, 3.63) is 59.7 Å². The molecule has 0 unspecified atom stereocenters. The molecule has 0 radical (unpaired) electrons. The highest BCUT2D eigenvalue weighted by Crippen LogP contribution is 2.26. The Balaban J connectivity index is 1.65. The lowest BCUT2D eigenvalue weighted by molar-refractivity contribution is 0.102. The van der Waals surface area contributed by atoms with E-state index in [1.807, 2.05) is 36.4 Å². The summed E-state index contributed by atoms with van der Waals surface area (Å²) in [6.07, 6.45) is 4.82. The molecule has 1 atom stereocenters. The summed E-state index contributed by atoms with van der Waals surface area (Å²) in [6.45, 7) is 5.52. The van der Waals surface area contributed by atoms with Gasteiger partial charge in [-0.05, 0) is 74.6 Å². The number of carbonyl (C=O) groups is 1. The van der Waals surface area contributed by atoms with Gasteiger partial charge in [-0.15, -0.1) is 0 Å². The van der Waals surface area contributed by atoms with E-state index in [1.54, 1.807) is 0 Å². The molecule has 1 aliphatic heterocycles. The molecule has 1 fully saturated rings. The molecule has 0 spiro atoms. The molecule has 2 aromatic rings. The van der Waals surface area contributed by atoms with Gasteiger partial charge in [0.05, 0.1) is 0 Å². The van der Waals surface area contributed by atoms with Gasteiger partial charge in [0.15, 0.2) is 0 Å². The quantitative estimate of drug-likeness (QED) is 0.870. The average molecular weight is 322 g/mol. The predicted molar refractivity (Wildman–Crippen MR) is 101 cm³/mol. The Kier molecular flexibility index (Phi) is 5.19. The molecule has 0 aliphatic carbocycles. The maximum Gasteiger partial charge on any atom is 0.255 e. The standard InChI is InChI=1S/C21H26N2O/c1-3-17-7-9-18(10-8-17)21(24)22-19-11-13-20(14-12-19)23-15-5-4-6-16(23)2/h7-14,16H,3-6,15H2,1-2H3,(H,22,24)/t16-/m1/s1. The second-order valence-corrected chi connectivity index (χ2v) is 6.59. The zero-order valence-electron chi connectivity index (χ0n) is 14.6. The Morgan fingerprint density at radius 1 is 1.08 bits per heavy atom. The number of benzene rings is 2. The number of nitrogens with one attached hydrogen (secondary N) is 1. The van der Waals surface area contributed by atoms with Crippen molar-refractivity contribution in [1.29, 1.82) is 0 Å². The van der Waals surface area contributed by atoms with E-state index in [1.165, 1.54) is 30.5 Å². The normalized spacial score (nSPS) is 17.6. The van der Waals surface area contributed by atoms with E-state index >= 15 is 0 Å². The van der Waals surface area contributed by atoms with Crippen molar-refractivity contribution in [3.8, 4) is 0 Å². The van der Waals surface area contributed by atoms with E-state index in [4.69, 9.17) is 0 Å². The maximum absolute atomic E-state index is 12.3. The summed E-state index contributed by atoms with van der Waals surface area (Å²) in [5, 5.41) is 2.98. The Labute approximate surface area is 144 Å². The molecule has 1 N–H and O–H groups in total. The number of rotatable bonds is 4. The van der Waals surface area contributed by atoms with Crippen LogP contribution in [0.5, 0.6) is 0 Å². The molecule has 1 heterocycles. The third-order valence-electron chi connectivity index (χ3n) is 4.88. The molecule has 0 saturated carbocycles. The molecular formula is C21H26N2O. The topological polar surface area (TPSA) is 32.3 Å². The number of nitrogens with zero attached hydrogens (tertiary/aromatic N) is 1. The Bertz CT molecular complexity index is 676. The zero-order chi connectivity index (χ0) is 16.9. The first-order chi connectivity index (χ1) is 11.7. The van der Waals surface area contributed by atoms with E-state index in [0.29, 0.717) is 11.6 Å². The summed E-state index contributed by atoms with van der Waals surface area (Å²) in [7, 11) is 0. The van der Waals surface area contributed by atoms with Crippen LogP contribution < -0.4 is 10.2 Å². The number of carbonyl (C=O) groups excluding carboxylic acids is 1. The van der Waals surface area contributed by atoms with Crippen molar-refractivity contribution in [2.75, 3.05) is 16.8 Å². The maximum atomic E-state index is 12.3. The van der Waals surface area contributed by atoms with Crippen molar-refractivity contribution < 1.29 is 4.79 Å². The summed E-state index contributed by atoms with van der Waals surface area (Å²) in [5.41, 5.74) is 4.02. The SMILES string of the molecule is CCc1ccc(C(=O)Nc2ccc(N3CCCC[C@H]3C)cc2)cc1. The van der Waals surface area contributed by atoms with Gasteiger partial charge in [-0.2, -0.15) is 0 Å². The van der Waals surface area contributed by atoms with Crippen LogP contribution in [0, 0.1) is 0 Å². The molecule has 3 rings (SSSR count). The minimum atomic E-state index is -0.0586. The molecule has 3 nitrogen and oxygen atoms in total. The van der Waals surface area contributed by atoms with Gasteiger partial charge in [-0.25, -0.2) is 0 Å². The zero-order valence-corrected chi connectivity index (χ0v) is 14.6. The smallest absolute Gasteiger partial charge is 0.255 e. The predicted octanol–water partition coefficient (Wildman–Crippen LogP) is 4.88. The number of piperidine rings is 1. The molecule has 3 heteroatoms. The second-order valence-electron chi connectivity index (χ2n) is 6.59. The van der Waals surface area contributed by atoms with Gasteiger partial charge in [0, 0.05) is 29.5 Å². The lowest BCUT2D eigenvalue weighted by Crippen LogP contribution is -2.37. The number of hydrogen-bond donors (Lipinski definition) is 1. The van der Waals surface area contributed by atoms with Crippen LogP contribution in [0.15, 0.2) is 48.5 Å². The van der Waals surface area contributed by atoms with Gasteiger partial charge in [-0.3, -0.25) is 4.79 Å². The highest BCUT2D eigenvalue weighted by atomic mass is 16.1. The van der Waals surface area contributed by atoms with Crippen molar-refractivity contribution in [1.82, 2.24) is 0 Å². The third kappa shape index (κ3) is 3.78. The van der Waals surface area contributed by atoms with Crippen molar-refractivity contribution in [2.45, 2.75) is 45.6 Å². The largest absolute Gasteiger partial charge is 0.369 e. The summed E-state index contributed by atoms with van der Waals surface area (Å²) in [4.78, 5) is 14.8. The first-order valence-electron chi connectivity index (χ1n) is 8.94. The van der Waals surface area contributed by atoms with Crippen LogP contribution >= 0.6 is 0 Å². The molecule has 1 amide bonds. The molecule has 24 heavy (non-hydrogen) atoms. The van der Waals surface area contributed by atoms with Crippen molar-refractivity contribution in [2.24, 2.45) is 0 Å². The second kappa shape index (κ2) is 7.52. The lowest BCUT2D eigenvalue weighted by Gasteiger charge is -2.35. The highest BCUT2D eigenvalue weighted by molar-refractivity contribution is 6.04. The van der Waals surface area contributed by atoms with E-state index in [-0.39, 0.29) is 5.91 Å². The average Bonchev–Trinajstić information content (AvgIpc) is 2.63. The summed E-state index contributed by atoms with van der Waals surface area (Å²) < 4.78 is 0. The van der Waals surface area contributed by atoms with E-state index in [0.717, 1.165) is 18.7 Å². The monoisotopic (exact) mass is 322 g/mol. The minimum absolute atomic E-state index is 0.0586. The van der Waals surface area contributed by atoms with Gasteiger partial charge in [0.1, 0.15) is 0 Å². The van der Waals surface area contributed by atoms with Crippen LogP contribution in [0.4, 0.5) is 11.4 Å². The summed E-state index contributed by atoms with van der Waals surface area (Å²) in [6, 6.07) is 16.6. The van der Waals surface area contributed by atoms with Gasteiger partial charge >= 0.3 is 0 Å². The number of aryl methyl sites for hydroxylation is 1. The molecular weight excluding hydrogens is 296 g/mol. The molecule has 1 saturated heterocycles. The van der Waals surface area contributed by atoms with Crippen molar-refractivity contribution in [3.63, 3.8) is 0 Å². The first-order valence-corrected chi connectivity index (χ1v) is 8.94. The molecule has 0 bridgehead atoms. The highest BCUT2D eigenvalue weighted by Gasteiger charge is 2.18. The Morgan fingerprint density at radius 3 is 2.42 bits per heavy atom. The Hall–Kier alpha value is -2.29. The van der Waals surface area contributed by atoms with Gasteiger partial charge in [0.25, 0.3) is 5.91 Å². The third-order valence-corrected chi connectivity index (χ3v) is 4.88. The van der Waals surface area contributed by atoms with Gasteiger partial charge in [0.2, 0.25) is 0 Å². The fraction of sp³-hybridized carbons (Fsp3) is 0.381. The molecule has 2 aromatic carbocycles. The van der Waals surface area contributed by atoms with Crippen LogP contribution in [0.2, 0.25) is 0 Å². The first kappa shape index (κ1) is 16.6. The molecule has 1 aliphatic rings. The van der Waals surface area contributed by atoms with E-state index < -0.39 is 0 Å². The lowest BCUT2D eigenvalue weighted by atomic mass is 10.0. The summed E-state index contributed by atoms with van der Waals surface area (Å²) >= 11 is 0. The van der Waals surface area contributed by atoms with Crippen LogP contribution in [-0.4, -0.2) is 18.5 Å². The molecule has 0 aromatic heterocycles. The van der Waals surface area contributed by atoms with E-state index in [2.05, 4.69) is 36.2 Å². The van der Waals surface area contributed by atoms with Crippen LogP contribution in [0.1, 0.15) is 49.0 Å². The van der Waals surface area contributed by atoms with Crippen molar-refractivity contribution >= 4 is 17.3 Å². The van der Waals surface area contributed by atoms with Crippen LogP contribution in [0.25, 0.3) is 0 Å². The fourth-order valence-electron chi connectivity index (χ4n) is 3.31. The van der Waals surface area contributed by atoms with Gasteiger partial charge < -0.3 is 10.2 Å². The summed E-state index contributed by atoms with van der Waals surface area (Å²) in [5.74, 6) is -0.0586. The molecule has 126 valence electrons. The van der Waals surface area contributed by atoms with Gasteiger partial charge in [-0.1, -0.05) is 19.1 Å². The number of amides is 1. The Morgan fingerprint density at radius 2 is 1.79 bits per heavy atom. The van der Waals surface area contributed by atoms with Crippen LogP contribution in [-0.2, 0) is 6.42 Å².